The standard InChI is InChI=1S/C11H19N3O6/c1-12-5-8(15)13-6-9(16)14-7(11(19)20)3-2-4-10(17)18/h7,12H,2-6H2,1H3,(H,13,15)(H,14,16)(H,17,18)(H,19,20). The van der Waals surface area contributed by atoms with Gasteiger partial charge in [-0.05, 0) is 19.9 Å². The molecule has 0 heterocycles. The molecule has 0 spiro atoms. The van der Waals surface area contributed by atoms with Gasteiger partial charge in [0.05, 0.1) is 13.1 Å². The van der Waals surface area contributed by atoms with E-state index in [-0.39, 0.29) is 38.3 Å². The molecule has 0 saturated heterocycles. The Bertz CT molecular complexity index is 371. The summed E-state index contributed by atoms with van der Waals surface area (Å²) in [5, 5.41) is 24.5. The van der Waals surface area contributed by atoms with Gasteiger partial charge in [-0.2, -0.15) is 0 Å². The number of hydrogen-bond donors (Lipinski definition) is 5. The van der Waals surface area contributed by atoms with Crippen molar-refractivity contribution in [1.82, 2.24) is 16.0 Å². The number of nitrogens with one attached hydrogen (secondary N) is 3. The number of rotatable bonds is 10. The summed E-state index contributed by atoms with van der Waals surface area (Å²) in [6.07, 6.45) is -0.0188. The monoisotopic (exact) mass is 289 g/mol. The van der Waals surface area contributed by atoms with Crippen LogP contribution in [-0.2, 0) is 19.2 Å². The summed E-state index contributed by atoms with van der Waals surface area (Å²) in [6, 6.07) is -1.16. The molecule has 0 aliphatic rings. The number of aliphatic carboxylic acids is 2. The molecule has 2 amide bonds. The van der Waals surface area contributed by atoms with E-state index in [9.17, 15) is 19.2 Å². The third kappa shape index (κ3) is 8.86. The summed E-state index contributed by atoms with van der Waals surface area (Å²) in [7, 11) is 1.57. The Morgan fingerprint density at radius 2 is 1.70 bits per heavy atom. The van der Waals surface area contributed by atoms with Gasteiger partial charge < -0.3 is 26.2 Å². The first-order chi connectivity index (χ1) is 9.36. The predicted molar refractivity (Wildman–Crippen MR) is 68.0 cm³/mol. The molecule has 0 rings (SSSR count). The number of carbonyl (C=O) groups excluding carboxylic acids is 2. The van der Waals surface area contributed by atoms with E-state index in [1.807, 2.05) is 0 Å². The zero-order valence-electron chi connectivity index (χ0n) is 11.1. The lowest BCUT2D eigenvalue weighted by atomic mass is 10.1. The van der Waals surface area contributed by atoms with Gasteiger partial charge in [0.1, 0.15) is 6.04 Å². The van der Waals surface area contributed by atoms with Crippen LogP contribution in [0.1, 0.15) is 19.3 Å². The highest BCUT2D eigenvalue weighted by atomic mass is 16.4. The fourth-order valence-electron chi connectivity index (χ4n) is 1.36. The third-order valence-electron chi connectivity index (χ3n) is 2.30. The molecular formula is C11H19N3O6. The minimum absolute atomic E-state index is 0.0117. The van der Waals surface area contributed by atoms with E-state index in [1.54, 1.807) is 7.05 Å². The summed E-state index contributed by atoms with van der Waals surface area (Å²) < 4.78 is 0. The van der Waals surface area contributed by atoms with Crippen molar-refractivity contribution in [3.05, 3.63) is 0 Å². The Balaban J connectivity index is 4.10. The van der Waals surface area contributed by atoms with Crippen molar-refractivity contribution in [2.24, 2.45) is 0 Å². The lowest BCUT2D eigenvalue weighted by Gasteiger charge is -2.14. The zero-order chi connectivity index (χ0) is 15.5. The normalized spacial score (nSPS) is 11.4. The van der Waals surface area contributed by atoms with Crippen molar-refractivity contribution in [3.8, 4) is 0 Å². The van der Waals surface area contributed by atoms with Crippen molar-refractivity contribution in [3.63, 3.8) is 0 Å². The van der Waals surface area contributed by atoms with Gasteiger partial charge in [-0.3, -0.25) is 14.4 Å². The van der Waals surface area contributed by atoms with Crippen molar-refractivity contribution in [2.45, 2.75) is 25.3 Å². The predicted octanol–water partition coefficient (Wildman–Crippen LogP) is -1.85. The molecule has 20 heavy (non-hydrogen) atoms. The summed E-state index contributed by atoms with van der Waals surface area (Å²) in [4.78, 5) is 43.7. The van der Waals surface area contributed by atoms with Crippen LogP contribution in [0.5, 0.6) is 0 Å². The molecule has 0 bridgehead atoms. The first kappa shape index (κ1) is 17.8. The highest BCUT2D eigenvalue weighted by molar-refractivity contribution is 5.88. The maximum absolute atomic E-state index is 11.4. The number of amides is 2. The molecule has 9 nitrogen and oxygen atoms in total. The Kier molecular flexibility index (Phi) is 8.68. The van der Waals surface area contributed by atoms with Gasteiger partial charge in [0, 0.05) is 6.42 Å². The van der Waals surface area contributed by atoms with Crippen LogP contribution in [0.2, 0.25) is 0 Å². The SMILES string of the molecule is CNCC(=O)NCC(=O)NC(CCCC(=O)O)C(=O)O. The summed E-state index contributed by atoms with van der Waals surface area (Å²) in [5.74, 6) is -3.30. The number of likely N-dealkylation sites (N-methyl/N-ethyl adjacent to an activating group) is 1. The molecule has 0 aliphatic carbocycles. The number of carboxylic acid groups (broad SMARTS) is 2. The molecule has 0 radical (unpaired) electrons. The van der Waals surface area contributed by atoms with E-state index in [4.69, 9.17) is 10.2 Å². The fourth-order valence-corrected chi connectivity index (χ4v) is 1.36. The van der Waals surface area contributed by atoms with Crippen LogP contribution in [0.15, 0.2) is 0 Å². The molecule has 5 N–H and O–H groups in total. The Hall–Kier alpha value is -2.16. The first-order valence-electron chi connectivity index (χ1n) is 6.02. The van der Waals surface area contributed by atoms with Crippen molar-refractivity contribution >= 4 is 23.8 Å². The Morgan fingerprint density at radius 1 is 1.05 bits per heavy atom. The lowest BCUT2D eigenvalue weighted by molar-refractivity contribution is -0.142. The average molecular weight is 289 g/mol. The summed E-state index contributed by atoms with van der Waals surface area (Å²) >= 11 is 0. The van der Waals surface area contributed by atoms with Gasteiger partial charge in [-0.15, -0.1) is 0 Å². The molecule has 9 heteroatoms. The highest BCUT2D eigenvalue weighted by Gasteiger charge is 2.20. The van der Waals surface area contributed by atoms with E-state index >= 15 is 0 Å². The Labute approximate surface area is 115 Å². The maximum atomic E-state index is 11.4. The second-order valence-corrected chi connectivity index (χ2v) is 4.05. The van der Waals surface area contributed by atoms with Crippen LogP contribution >= 0.6 is 0 Å². The van der Waals surface area contributed by atoms with Crippen LogP contribution in [0.25, 0.3) is 0 Å². The zero-order valence-corrected chi connectivity index (χ0v) is 11.1. The van der Waals surface area contributed by atoms with Crippen LogP contribution in [-0.4, -0.2) is 60.1 Å². The number of hydrogen-bond acceptors (Lipinski definition) is 5. The molecule has 0 aliphatic heterocycles. The molecule has 114 valence electrons. The second-order valence-electron chi connectivity index (χ2n) is 4.05. The van der Waals surface area contributed by atoms with Crippen LogP contribution in [0, 0.1) is 0 Å². The second kappa shape index (κ2) is 9.73. The summed E-state index contributed by atoms with van der Waals surface area (Å²) in [6.45, 7) is -0.280. The molecule has 0 aromatic carbocycles. The maximum Gasteiger partial charge on any atom is 0.326 e. The van der Waals surface area contributed by atoms with Gasteiger partial charge >= 0.3 is 11.9 Å². The molecule has 1 unspecified atom stereocenters. The van der Waals surface area contributed by atoms with Crippen molar-refractivity contribution in [1.29, 1.82) is 0 Å². The largest absolute Gasteiger partial charge is 0.481 e. The van der Waals surface area contributed by atoms with Crippen molar-refractivity contribution < 1.29 is 29.4 Å². The van der Waals surface area contributed by atoms with Gasteiger partial charge in [0.25, 0.3) is 0 Å². The van der Waals surface area contributed by atoms with Crippen LogP contribution < -0.4 is 16.0 Å². The van der Waals surface area contributed by atoms with Crippen LogP contribution in [0.3, 0.4) is 0 Å². The minimum Gasteiger partial charge on any atom is -0.481 e. The molecule has 1 atom stereocenters. The van der Waals surface area contributed by atoms with Gasteiger partial charge in [-0.1, -0.05) is 0 Å². The van der Waals surface area contributed by atoms with Crippen LogP contribution in [0.4, 0.5) is 0 Å². The average Bonchev–Trinajstić information content (AvgIpc) is 2.35. The number of carbonyl (C=O) groups is 4. The van der Waals surface area contributed by atoms with Crippen molar-refractivity contribution in [2.75, 3.05) is 20.1 Å². The Morgan fingerprint density at radius 3 is 2.20 bits per heavy atom. The smallest absolute Gasteiger partial charge is 0.326 e. The molecule has 0 saturated carbocycles. The lowest BCUT2D eigenvalue weighted by Crippen LogP contribution is -2.46. The van der Waals surface area contributed by atoms with Gasteiger partial charge in [0.2, 0.25) is 11.8 Å². The quantitative estimate of drug-likeness (QED) is 0.317. The van der Waals surface area contributed by atoms with E-state index in [1.165, 1.54) is 0 Å². The summed E-state index contributed by atoms with van der Waals surface area (Å²) in [5.41, 5.74) is 0. The molecule has 0 aromatic rings. The van der Waals surface area contributed by atoms with E-state index < -0.39 is 23.9 Å². The molecular weight excluding hydrogens is 270 g/mol. The highest BCUT2D eigenvalue weighted by Crippen LogP contribution is 2.01. The van der Waals surface area contributed by atoms with E-state index in [0.717, 1.165) is 0 Å². The topological polar surface area (TPSA) is 145 Å². The van der Waals surface area contributed by atoms with Gasteiger partial charge in [0.15, 0.2) is 0 Å². The molecule has 0 aromatic heterocycles. The first-order valence-corrected chi connectivity index (χ1v) is 6.02. The van der Waals surface area contributed by atoms with E-state index in [0.29, 0.717) is 0 Å². The minimum atomic E-state index is -1.25. The van der Waals surface area contributed by atoms with E-state index in [2.05, 4.69) is 16.0 Å². The third-order valence-corrected chi connectivity index (χ3v) is 2.30. The fraction of sp³-hybridized carbons (Fsp3) is 0.636. The number of carboxylic acids is 2. The molecule has 0 fully saturated rings. The van der Waals surface area contributed by atoms with Gasteiger partial charge in [-0.25, -0.2) is 4.79 Å².